The molecular formula is C23H23ClFNO3. The number of hydrogen-bond acceptors (Lipinski definition) is 3. The van der Waals surface area contributed by atoms with Crippen LogP contribution >= 0.6 is 11.6 Å². The summed E-state index contributed by atoms with van der Waals surface area (Å²) in [6.45, 7) is 1.90. The summed E-state index contributed by atoms with van der Waals surface area (Å²) in [6, 6.07) is 10.2. The van der Waals surface area contributed by atoms with Crippen LogP contribution in [0.25, 0.3) is 16.7 Å². The molecule has 0 aromatic heterocycles. The van der Waals surface area contributed by atoms with Gasteiger partial charge in [0.05, 0.1) is 22.2 Å². The zero-order valence-corrected chi connectivity index (χ0v) is 17.1. The smallest absolute Gasteiger partial charge is 0.256 e. The normalized spacial score (nSPS) is 24.3. The van der Waals surface area contributed by atoms with E-state index in [-0.39, 0.29) is 22.8 Å². The molecule has 152 valence electrons. The third-order valence-electron chi connectivity index (χ3n) is 6.15. The number of aryl methyl sites for hydroxylation is 1. The molecule has 0 unspecified atom stereocenters. The Bertz CT molecular complexity index is 1010. The summed E-state index contributed by atoms with van der Waals surface area (Å²) in [5.74, 6) is -0.642. The SMILES string of the molecule is CO[C@H]1CC[C@@]2(CC1)NC(=O)C(c1cc(-c3ccc(F)c(Cl)c3)ccc1C)=C2O. The Labute approximate surface area is 174 Å². The number of ether oxygens (including phenoxy) is 1. The Morgan fingerprint density at radius 1 is 1.17 bits per heavy atom. The molecule has 2 aromatic rings. The van der Waals surface area contributed by atoms with E-state index in [0.29, 0.717) is 24.0 Å². The largest absolute Gasteiger partial charge is 0.509 e. The lowest BCUT2D eigenvalue weighted by atomic mass is 9.79. The van der Waals surface area contributed by atoms with Gasteiger partial charge >= 0.3 is 0 Å². The molecule has 1 amide bonds. The van der Waals surface area contributed by atoms with Gasteiger partial charge in [-0.05, 0) is 73.1 Å². The maximum absolute atomic E-state index is 13.5. The van der Waals surface area contributed by atoms with E-state index in [0.717, 1.165) is 29.5 Å². The molecule has 1 spiro atoms. The number of aliphatic hydroxyl groups is 1. The van der Waals surface area contributed by atoms with Gasteiger partial charge in [0.15, 0.2) is 0 Å². The van der Waals surface area contributed by atoms with Crippen molar-refractivity contribution in [2.24, 2.45) is 0 Å². The maximum Gasteiger partial charge on any atom is 0.256 e. The molecular weight excluding hydrogens is 393 g/mol. The van der Waals surface area contributed by atoms with Crippen LogP contribution in [-0.2, 0) is 9.53 Å². The Morgan fingerprint density at radius 2 is 1.83 bits per heavy atom. The topological polar surface area (TPSA) is 58.6 Å². The van der Waals surface area contributed by atoms with Crippen molar-refractivity contribution in [2.75, 3.05) is 7.11 Å². The second-order valence-corrected chi connectivity index (χ2v) is 8.26. The summed E-state index contributed by atoms with van der Waals surface area (Å²) in [5, 5.41) is 14.2. The highest BCUT2D eigenvalue weighted by Gasteiger charge is 2.48. The molecule has 1 saturated carbocycles. The molecule has 6 heteroatoms. The Morgan fingerprint density at radius 3 is 2.48 bits per heavy atom. The second-order valence-electron chi connectivity index (χ2n) is 7.85. The summed E-state index contributed by atoms with van der Waals surface area (Å²) in [4.78, 5) is 12.9. The van der Waals surface area contributed by atoms with Crippen molar-refractivity contribution in [3.8, 4) is 11.1 Å². The fourth-order valence-corrected chi connectivity index (χ4v) is 4.54. The zero-order valence-electron chi connectivity index (χ0n) is 16.4. The first-order valence-electron chi connectivity index (χ1n) is 9.70. The molecule has 1 aliphatic heterocycles. The molecule has 1 fully saturated rings. The fraction of sp³-hybridized carbons (Fsp3) is 0.348. The number of methoxy groups -OCH3 is 1. The van der Waals surface area contributed by atoms with E-state index in [1.807, 2.05) is 25.1 Å². The fourth-order valence-electron chi connectivity index (χ4n) is 4.36. The van der Waals surface area contributed by atoms with Crippen LogP contribution in [0.4, 0.5) is 4.39 Å². The number of hydrogen-bond donors (Lipinski definition) is 2. The van der Waals surface area contributed by atoms with Gasteiger partial charge in [0.2, 0.25) is 0 Å². The van der Waals surface area contributed by atoms with Crippen molar-refractivity contribution in [1.29, 1.82) is 0 Å². The average molecular weight is 416 g/mol. The number of benzene rings is 2. The molecule has 0 atom stereocenters. The number of halogens is 2. The first-order chi connectivity index (χ1) is 13.8. The van der Waals surface area contributed by atoms with Gasteiger partial charge in [0, 0.05) is 7.11 Å². The number of rotatable bonds is 3. The van der Waals surface area contributed by atoms with Crippen LogP contribution in [-0.4, -0.2) is 29.8 Å². The highest BCUT2D eigenvalue weighted by molar-refractivity contribution is 6.31. The molecule has 0 bridgehead atoms. The first kappa shape index (κ1) is 19.9. The van der Waals surface area contributed by atoms with E-state index in [1.165, 1.54) is 6.07 Å². The van der Waals surface area contributed by atoms with E-state index in [9.17, 15) is 14.3 Å². The van der Waals surface area contributed by atoms with Gasteiger partial charge in [-0.15, -0.1) is 0 Å². The van der Waals surface area contributed by atoms with Crippen molar-refractivity contribution in [1.82, 2.24) is 5.32 Å². The van der Waals surface area contributed by atoms with Gasteiger partial charge in [-0.2, -0.15) is 0 Å². The first-order valence-corrected chi connectivity index (χ1v) is 10.1. The molecule has 4 rings (SSSR count). The highest BCUT2D eigenvalue weighted by Crippen LogP contribution is 2.43. The zero-order chi connectivity index (χ0) is 20.8. The lowest BCUT2D eigenvalue weighted by molar-refractivity contribution is -0.116. The third-order valence-corrected chi connectivity index (χ3v) is 6.44. The van der Waals surface area contributed by atoms with E-state index in [1.54, 1.807) is 19.2 Å². The predicted molar refractivity (Wildman–Crippen MR) is 111 cm³/mol. The molecule has 2 N–H and O–H groups in total. The van der Waals surface area contributed by atoms with Gasteiger partial charge < -0.3 is 15.2 Å². The van der Waals surface area contributed by atoms with Crippen LogP contribution in [0, 0.1) is 12.7 Å². The van der Waals surface area contributed by atoms with E-state index >= 15 is 0 Å². The number of aliphatic hydroxyl groups excluding tert-OH is 1. The van der Waals surface area contributed by atoms with Crippen molar-refractivity contribution in [3.63, 3.8) is 0 Å². The number of amides is 1. The van der Waals surface area contributed by atoms with Crippen LogP contribution in [0.15, 0.2) is 42.2 Å². The van der Waals surface area contributed by atoms with Crippen LogP contribution in [0.2, 0.25) is 5.02 Å². The minimum atomic E-state index is -0.719. The quantitative estimate of drug-likeness (QED) is 0.726. The molecule has 0 saturated heterocycles. The predicted octanol–water partition coefficient (Wildman–Crippen LogP) is 5.18. The summed E-state index contributed by atoms with van der Waals surface area (Å²) in [6.07, 6.45) is 2.99. The highest BCUT2D eigenvalue weighted by atomic mass is 35.5. The van der Waals surface area contributed by atoms with Crippen molar-refractivity contribution < 1.29 is 19.0 Å². The second kappa shape index (κ2) is 7.47. The Balaban J connectivity index is 1.75. The van der Waals surface area contributed by atoms with Gasteiger partial charge in [0.25, 0.3) is 5.91 Å². The lowest BCUT2D eigenvalue weighted by Crippen LogP contribution is -2.48. The molecule has 1 aliphatic carbocycles. The summed E-state index contributed by atoms with van der Waals surface area (Å²) < 4.78 is 18.9. The number of nitrogens with one attached hydrogen (secondary N) is 1. The van der Waals surface area contributed by atoms with Crippen LogP contribution in [0.3, 0.4) is 0 Å². The lowest BCUT2D eigenvalue weighted by Gasteiger charge is -2.36. The van der Waals surface area contributed by atoms with Gasteiger partial charge in [0.1, 0.15) is 11.6 Å². The molecule has 0 radical (unpaired) electrons. The van der Waals surface area contributed by atoms with E-state index < -0.39 is 11.4 Å². The summed E-state index contributed by atoms with van der Waals surface area (Å²) in [5.41, 5.74) is 2.68. The maximum atomic E-state index is 13.5. The molecule has 2 aliphatic rings. The molecule has 4 nitrogen and oxygen atoms in total. The molecule has 2 aromatic carbocycles. The van der Waals surface area contributed by atoms with Crippen molar-refractivity contribution >= 4 is 23.1 Å². The van der Waals surface area contributed by atoms with Gasteiger partial charge in [-0.3, -0.25) is 4.79 Å². The van der Waals surface area contributed by atoms with Crippen LogP contribution in [0.1, 0.15) is 36.8 Å². The monoisotopic (exact) mass is 415 g/mol. The Kier molecular flexibility index (Phi) is 5.13. The minimum Gasteiger partial charge on any atom is -0.509 e. The molecule has 29 heavy (non-hydrogen) atoms. The van der Waals surface area contributed by atoms with Gasteiger partial charge in [-0.25, -0.2) is 4.39 Å². The third kappa shape index (κ3) is 3.43. The van der Waals surface area contributed by atoms with E-state index in [4.69, 9.17) is 16.3 Å². The Hall–Kier alpha value is -2.37. The minimum absolute atomic E-state index is 0.0409. The van der Waals surface area contributed by atoms with Crippen molar-refractivity contribution in [2.45, 2.75) is 44.2 Å². The van der Waals surface area contributed by atoms with Crippen LogP contribution < -0.4 is 5.32 Å². The average Bonchev–Trinajstić information content (AvgIpc) is 2.95. The number of carbonyl (C=O) groups is 1. The van der Waals surface area contributed by atoms with Crippen LogP contribution in [0.5, 0.6) is 0 Å². The number of carbonyl (C=O) groups excluding carboxylic acids is 1. The van der Waals surface area contributed by atoms with Gasteiger partial charge in [-0.1, -0.05) is 29.8 Å². The molecule has 1 heterocycles. The summed E-state index contributed by atoms with van der Waals surface area (Å²) in [7, 11) is 1.69. The standard InChI is InChI=1S/C23H23ClFNO3/c1-13-3-4-14(15-5-6-19(25)18(24)12-15)11-17(13)20-21(27)23(26-22(20)28)9-7-16(29-2)8-10-23/h3-6,11-12,16,27H,7-10H2,1-2H3,(H,26,28)/t16-,23-. The van der Waals surface area contributed by atoms with E-state index in [2.05, 4.69) is 5.32 Å². The summed E-state index contributed by atoms with van der Waals surface area (Å²) >= 11 is 5.93. The van der Waals surface area contributed by atoms with Crippen molar-refractivity contribution in [3.05, 3.63) is 64.1 Å².